The molecule has 18 heavy (non-hydrogen) atoms. The average molecular weight is 302 g/mol. The average Bonchev–Trinajstić information content (AvgIpc) is 2.36. The second-order valence-corrected chi connectivity index (χ2v) is 5.86. The van der Waals surface area contributed by atoms with Crippen molar-refractivity contribution in [2.75, 3.05) is 52.8 Å². The van der Waals surface area contributed by atoms with Crippen LogP contribution >= 0.6 is 6.64 Å². The Kier molecular flexibility index (Phi) is 12.1. The highest BCUT2D eigenvalue weighted by Crippen LogP contribution is 2.43. The van der Waals surface area contributed by atoms with Crippen LogP contribution in [0.15, 0.2) is 4.95 Å². The maximum absolute atomic E-state index is 9.98. The Labute approximate surface area is 111 Å². The summed E-state index contributed by atoms with van der Waals surface area (Å²) in [7, 11) is 0. The molecule has 0 radical (unpaired) electrons. The van der Waals surface area contributed by atoms with E-state index in [1.54, 1.807) is 0 Å². The fourth-order valence-corrected chi connectivity index (χ4v) is 1.45. The van der Waals surface area contributed by atoms with Crippen molar-refractivity contribution in [3.8, 4) is 0 Å². The summed E-state index contributed by atoms with van der Waals surface area (Å²) in [6.45, 7) is -0.452. The summed E-state index contributed by atoms with van der Waals surface area (Å²) in [6, 6.07) is 0. The molecule has 0 amide bonds. The van der Waals surface area contributed by atoms with Gasteiger partial charge in [-0.1, -0.05) is 0 Å². The molecule has 0 rings (SSSR count). The minimum Gasteiger partial charge on any atom is -0.378 e. The Bertz CT molecular complexity index is 258. The fourth-order valence-electron chi connectivity index (χ4n) is 0.864. The third kappa shape index (κ3) is 12.5. The predicted molar refractivity (Wildman–Crippen MR) is 69.8 cm³/mol. The highest BCUT2D eigenvalue weighted by Gasteiger charge is 2.12. The van der Waals surface area contributed by atoms with E-state index in [0.29, 0.717) is 39.6 Å². The van der Waals surface area contributed by atoms with Crippen LogP contribution in [-0.4, -0.2) is 57.7 Å². The van der Waals surface area contributed by atoms with Gasteiger partial charge in [0.2, 0.25) is 0 Å². The Morgan fingerprint density at radius 1 is 1.00 bits per heavy atom. The number of rotatable bonds is 13. The van der Waals surface area contributed by atoms with Crippen molar-refractivity contribution in [2.45, 2.75) is 0 Å². The van der Waals surface area contributed by atoms with Crippen molar-refractivity contribution in [2.24, 2.45) is 10.7 Å². The molecular formula is C8H19N2O6PS. The van der Waals surface area contributed by atoms with Crippen LogP contribution in [-0.2, 0) is 30.5 Å². The molecule has 0 bridgehead atoms. The normalized spacial score (nSPS) is 14.3. The minimum atomic E-state index is -3.49. The van der Waals surface area contributed by atoms with Gasteiger partial charge in [-0.25, -0.2) is 0 Å². The highest BCUT2D eigenvalue weighted by molar-refractivity contribution is 8.08. The zero-order chi connectivity index (χ0) is 13.7. The van der Waals surface area contributed by atoms with Gasteiger partial charge in [0, 0.05) is 11.5 Å². The van der Waals surface area contributed by atoms with E-state index in [2.05, 4.69) is 21.3 Å². The molecule has 0 aromatic carbocycles. The van der Waals surface area contributed by atoms with E-state index < -0.39 is 6.64 Å². The summed E-state index contributed by atoms with van der Waals surface area (Å²) in [5.74, 6) is 0. The fraction of sp³-hybridized carbons (Fsp3) is 1.00. The molecule has 0 saturated carbocycles. The largest absolute Gasteiger partial charge is 0.378 e. The molecule has 0 aliphatic heterocycles. The van der Waals surface area contributed by atoms with Crippen molar-refractivity contribution < 1.29 is 23.6 Å². The molecule has 1 unspecified atom stereocenters. The summed E-state index contributed by atoms with van der Waals surface area (Å²) in [5, 5.41) is 0. The zero-order valence-electron chi connectivity index (χ0n) is 10.0. The molecule has 0 fully saturated rings. The van der Waals surface area contributed by atoms with Gasteiger partial charge in [0.1, 0.15) is 0 Å². The number of nitrogens with zero attached hydrogens (tertiary/aromatic N) is 1. The summed E-state index contributed by atoms with van der Waals surface area (Å²) < 4.78 is 20.0. The van der Waals surface area contributed by atoms with Crippen molar-refractivity contribution >= 4 is 18.4 Å². The SMILES string of the molecule is NCCOCCOCCOCCOP(O)(=S)N=O. The minimum absolute atomic E-state index is 0.0269. The van der Waals surface area contributed by atoms with Crippen molar-refractivity contribution in [3.05, 3.63) is 4.91 Å². The van der Waals surface area contributed by atoms with Crippen molar-refractivity contribution in [1.29, 1.82) is 0 Å². The molecule has 0 aliphatic rings. The number of hydrogen-bond acceptors (Lipinski definition) is 7. The van der Waals surface area contributed by atoms with Gasteiger partial charge >= 0.3 is 6.64 Å². The Morgan fingerprint density at radius 2 is 1.44 bits per heavy atom. The predicted octanol–water partition coefficient (Wildman–Crippen LogP) is -0.00530. The first-order valence-electron chi connectivity index (χ1n) is 5.38. The van der Waals surface area contributed by atoms with Crippen LogP contribution in [0, 0.1) is 4.91 Å². The van der Waals surface area contributed by atoms with E-state index in [1.165, 1.54) is 0 Å². The first kappa shape index (κ1) is 18.0. The van der Waals surface area contributed by atoms with E-state index >= 15 is 0 Å². The number of ether oxygens (including phenoxy) is 3. The molecule has 8 nitrogen and oxygen atoms in total. The quantitative estimate of drug-likeness (QED) is 0.277. The van der Waals surface area contributed by atoms with Crippen LogP contribution < -0.4 is 5.73 Å². The standard InChI is InChI=1S/C8H19N2O6PS/c9-1-2-13-3-4-14-5-6-15-7-8-16-17(12,18)10-11/h1-9H2,(H,12,18). The van der Waals surface area contributed by atoms with E-state index in [1.807, 2.05) is 0 Å². The first-order valence-corrected chi connectivity index (χ1v) is 8.00. The summed E-state index contributed by atoms with van der Waals surface area (Å²) >= 11 is 4.38. The topological polar surface area (TPSA) is 113 Å². The van der Waals surface area contributed by atoms with Gasteiger partial charge in [-0.05, 0) is 11.8 Å². The summed E-state index contributed by atoms with van der Waals surface area (Å²) in [5.41, 5.74) is 5.23. The van der Waals surface area contributed by atoms with Crippen molar-refractivity contribution in [1.82, 2.24) is 0 Å². The van der Waals surface area contributed by atoms with Gasteiger partial charge in [0.05, 0.1) is 46.2 Å². The van der Waals surface area contributed by atoms with Crippen LogP contribution in [0.3, 0.4) is 0 Å². The smallest absolute Gasteiger partial charge is 0.345 e. The lowest BCUT2D eigenvalue weighted by Crippen LogP contribution is -2.14. The van der Waals surface area contributed by atoms with E-state index in [4.69, 9.17) is 24.8 Å². The van der Waals surface area contributed by atoms with Crippen molar-refractivity contribution in [3.63, 3.8) is 0 Å². The molecule has 0 spiro atoms. The lowest BCUT2D eigenvalue weighted by atomic mass is 10.7. The van der Waals surface area contributed by atoms with Gasteiger partial charge in [0.25, 0.3) is 0 Å². The van der Waals surface area contributed by atoms with Gasteiger partial charge in [0.15, 0.2) is 0 Å². The van der Waals surface area contributed by atoms with Gasteiger partial charge in [-0.2, -0.15) is 0 Å². The molecule has 0 heterocycles. The van der Waals surface area contributed by atoms with Crippen LogP contribution in [0.4, 0.5) is 0 Å². The lowest BCUT2D eigenvalue weighted by Gasteiger charge is -2.08. The Balaban J connectivity index is 3.12. The maximum atomic E-state index is 9.98. The number of nitroso groups, excluding NO2 is 1. The number of nitrogens with two attached hydrogens (primary N) is 1. The molecule has 0 aliphatic carbocycles. The monoisotopic (exact) mass is 302 g/mol. The zero-order valence-corrected chi connectivity index (χ0v) is 11.7. The molecule has 10 heteroatoms. The summed E-state index contributed by atoms with van der Waals surface area (Å²) in [6.07, 6.45) is 0. The molecular weight excluding hydrogens is 283 g/mol. The Morgan fingerprint density at radius 3 is 1.89 bits per heavy atom. The van der Waals surface area contributed by atoms with Crippen LogP contribution in [0.25, 0.3) is 0 Å². The Hall–Kier alpha value is 0.01000. The van der Waals surface area contributed by atoms with Gasteiger partial charge in [-0.15, -0.1) is 4.91 Å². The maximum Gasteiger partial charge on any atom is 0.345 e. The molecule has 108 valence electrons. The highest BCUT2D eigenvalue weighted by atomic mass is 32.5. The van der Waals surface area contributed by atoms with E-state index in [0.717, 1.165) is 0 Å². The third-order valence-electron chi connectivity index (χ3n) is 1.60. The third-order valence-corrected chi connectivity index (χ3v) is 2.84. The van der Waals surface area contributed by atoms with Crippen LogP contribution in [0.5, 0.6) is 0 Å². The van der Waals surface area contributed by atoms with Gasteiger partial charge < -0.3 is 29.4 Å². The second kappa shape index (κ2) is 12.1. The second-order valence-electron chi connectivity index (χ2n) is 3.03. The molecule has 0 aromatic heterocycles. The molecule has 0 saturated heterocycles. The van der Waals surface area contributed by atoms with E-state index in [9.17, 15) is 4.91 Å². The number of hydrogen-bond donors (Lipinski definition) is 2. The van der Waals surface area contributed by atoms with E-state index in [-0.39, 0.29) is 13.2 Å². The molecule has 0 aromatic rings. The summed E-state index contributed by atoms with van der Waals surface area (Å²) in [4.78, 5) is 21.3. The first-order chi connectivity index (χ1) is 8.62. The molecule has 3 N–H and O–H groups in total. The van der Waals surface area contributed by atoms with Crippen LogP contribution in [0.2, 0.25) is 0 Å². The van der Waals surface area contributed by atoms with Crippen LogP contribution in [0.1, 0.15) is 0 Å². The lowest BCUT2D eigenvalue weighted by molar-refractivity contribution is 0.0106. The molecule has 1 atom stereocenters. The van der Waals surface area contributed by atoms with Gasteiger partial charge in [-0.3, -0.25) is 0 Å².